The number of anilines is 1. The second-order valence-corrected chi connectivity index (χ2v) is 8.76. The van der Waals surface area contributed by atoms with Gasteiger partial charge >= 0.3 is 0 Å². The lowest BCUT2D eigenvalue weighted by molar-refractivity contribution is 0.0793. The van der Waals surface area contributed by atoms with Crippen molar-refractivity contribution in [3.63, 3.8) is 0 Å². The Kier molecular flexibility index (Phi) is 5.68. The van der Waals surface area contributed by atoms with Crippen molar-refractivity contribution >= 4 is 21.6 Å². The van der Waals surface area contributed by atoms with Gasteiger partial charge in [0.1, 0.15) is 0 Å². The second-order valence-electron chi connectivity index (χ2n) is 6.66. The molecule has 1 aliphatic heterocycles. The molecule has 1 heterocycles. The first-order valence-corrected chi connectivity index (χ1v) is 9.75. The van der Waals surface area contributed by atoms with E-state index in [-0.39, 0.29) is 5.91 Å². The Hall–Kier alpha value is -1.56. The molecule has 1 fully saturated rings. The largest absolute Gasteiger partial charge is 0.339 e. The van der Waals surface area contributed by atoms with Gasteiger partial charge in [0.15, 0.2) is 0 Å². The molecule has 1 N–H and O–H groups in total. The number of nitrogens with one attached hydrogen (secondary N) is 1. The Bertz CT molecular complexity index is 632. The lowest BCUT2D eigenvalue weighted by atomic mass is 10.1. The molecule has 0 saturated carbocycles. The first-order chi connectivity index (χ1) is 10.8. The second kappa shape index (κ2) is 7.34. The van der Waals surface area contributed by atoms with Gasteiger partial charge in [0.05, 0.1) is 5.25 Å². The fraction of sp³-hybridized carbons (Fsp3) is 0.588. The number of carbonyl (C=O) groups is 1. The highest BCUT2D eigenvalue weighted by atomic mass is 32.2. The summed E-state index contributed by atoms with van der Waals surface area (Å²) in [5.74, 6) is 0.340. The van der Waals surface area contributed by atoms with E-state index in [0.29, 0.717) is 23.6 Å². The third kappa shape index (κ3) is 4.70. The number of amides is 1. The van der Waals surface area contributed by atoms with Crippen molar-refractivity contribution in [1.29, 1.82) is 0 Å². The number of sulfonamides is 1. The molecule has 0 aromatic heterocycles. The molecule has 1 amide bonds. The van der Waals surface area contributed by atoms with Crippen LogP contribution < -0.4 is 4.72 Å². The van der Waals surface area contributed by atoms with E-state index in [1.165, 1.54) is 0 Å². The van der Waals surface area contributed by atoms with Crippen LogP contribution in [-0.2, 0) is 10.0 Å². The molecule has 0 unspecified atom stereocenters. The number of benzene rings is 1. The highest BCUT2D eigenvalue weighted by Crippen LogP contribution is 2.19. The molecule has 2 rings (SSSR count). The summed E-state index contributed by atoms with van der Waals surface area (Å²) in [6, 6.07) is 6.68. The highest BCUT2D eigenvalue weighted by Gasteiger charge is 2.22. The van der Waals surface area contributed by atoms with Crippen LogP contribution in [0.5, 0.6) is 0 Å². The molecular weight excluding hydrogens is 312 g/mol. The summed E-state index contributed by atoms with van der Waals surface area (Å²) in [5.41, 5.74) is 1.10. The minimum atomic E-state index is -3.40. The highest BCUT2D eigenvalue weighted by molar-refractivity contribution is 7.93. The number of likely N-dealkylation sites (tertiary alicyclic amines) is 1. The van der Waals surface area contributed by atoms with Gasteiger partial charge in [0.2, 0.25) is 10.0 Å². The lowest BCUT2D eigenvalue weighted by Gasteiger charge is -2.17. The zero-order valence-corrected chi connectivity index (χ0v) is 14.9. The van der Waals surface area contributed by atoms with Gasteiger partial charge in [-0.15, -0.1) is 0 Å². The minimum Gasteiger partial charge on any atom is -0.339 e. The number of carbonyl (C=O) groups excluding carboxylic acids is 1. The quantitative estimate of drug-likeness (QED) is 0.867. The first kappa shape index (κ1) is 17.8. The molecule has 23 heavy (non-hydrogen) atoms. The first-order valence-electron chi connectivity index (χ1n) is 8.20. The molecule has 1 atom stereocenters. The van der Waals surface area contributed by atoms with Crippen LogP contribution >= 0.6 is 0 Å². The summed E-state index contributed by atoms with van der Waals surface area (Å²) < 4.78 is 27.2. The van der Waals surface area contributed by atoms with Gasteiger partial charge in [-0.3, -0.25) is 9.52 Å². The van der Waals surface area contributed by atoms with Gasteiger partial charge in [-0.25, -0.2) is 8.42 Å². The molecule has 1 aliphatic rings. The molecule has 1 aromatic rings. The predicted molar refractivity (Wildman–Crippen MR) is 93.0 cm³/mol. The van der Waals surface area contributed by atoms with Crippen molar-refractivity contribution in [1.82, 2.24) is 4.90 Å². The maximum Gasteiger partial charge on any atom is 0.253 e. The van der Waals surface area contributed by atoms with Crippen molar-refractivity contribution in [2.75, 3.05) is 17.8 Å². The molecule has 0 bridgehead atoms. The zero-order chi connectivity index (χ0) is 17.0. The van der Waals surface area contributed by atoms with Crippen molar-refractivity contribution in [2.45, 2.75) is 45.3 Å². The Morgan fingerprint density at radius 2 is 1.70 bits per heavy atom. The number of nitrogens with zero attached hydrogens (tertiary/aromatic N) is 1. The molecule has 6 heteroatoms. The van der Waals surface area contributed by atoms with E-state index in [0.717, 1.165) is 25.9 Å². The van der Waals surface area contributed by atoms with E-state index in [1.807, 2.05) is 18.7 Å². The fourth-order valence-electron chi connectivity index (χ4n) is 2.84. The van der Waals surface area contributed by atoms with Gasteiger partial charge < -0.3 is 4.90 Å². The Morgan fingerprint density at radius 1 is 1.13 bits per heavy atom. The van der Waals surface area contributed by atoms with Gasteiger partial charge in [0, 0.05) is 24.3 Å². The van der Waals surface area contributed by atoms with Gasteiger partial charge in [-0.1, -0.05) is 13.8 Å². The fourth-order valence-corrected chi connectivity index (χ4v) is 4.14. The lowest BCUT2D eigenvalue weighted by Crippen LogP contribution is -2.28. The smallest absolute Gasteiger partial charge is 0.253 e. The van der Waals surface area contributed by atoms with Crippen molar-refractivity contribution < 1.29 is 13.2 Å². The van der Waals surface area contributed by atoms with Crippen LogP contribution in [0.1, 0.15) is 50.4 Å². The van der Waals surface area contributed by atoms with Crippen LogP contribution in [0, 0.1) is 5.92 Å². The molecule has 128 valence electrons. The summed E-state index contributed by atoms with van der Waals surface area (Å²) in [4.78, 5) is 14.1. The summed E-state index contributed by atoms with van der Waals surface area (Å²) in [5, 5.41) is -0.451. The summed E-state index contributed by atoms with van der Waals surface area (Å²) in [6.07, 6.45) is 2.72. The Labute approximate surface area is 139 Å². The van der Waals surface area contributed by atoms with E-state index in [1.54, 1.807) is 31.2 Å². The molecule has 0 spiro atoms. The van der Waals surface area contributed by atoms with Crippen molar-refractivity contribution in [3.05, 3.63) is 29.8 Å². The van der Waals surface area contributed by atoms with Crippen LogP contribution in [0.4, 0.5) is 5.69 Å². The average Bonchev–Trinajstić information content (AvgIpc) is 3.00. The van der Waals surface area contributed by atoms with Crippen LogP contribution in [0.15, 0.2) is 24.3 Å². The molecule has 0 aliphatic carbocycles. The van der Waals surface area contributed by atoms with Crippen LogP contribution in [0.3, 0.4) is 0 Å². The maximum absolute atomic E-state index is 12.3. The number of hydrogen-bond donors (Lipinski definition) is 1. The van der Waals surface area contributed by atoms with Crippen LogP contribution in [-0.4, -0.2) is 37.6 Å². The van der Waals surface area contributed by atoms with Crippen molar-refractivity contribution in [2.24, 2.45) is 5.92 Å². The molecule has 1 saturated heterocycles. The van der Waals surface area contributed by atoms with E-state index < -0.39 is 15.3 Å². The number of hydrogen-bond acceptors (Lipinski definition) is 3. The third-order valence-corrected chi connectivity index (χ3v) is 5.89. The molecule has 1 aromatic carbocycles. The molecule has 5 nitrogen and oxygen atoms in total. The monoisotopic (exact) mass is 338 g/mol. The maximum atomic E-state index is 12.3. The number of rotatable bonds is 6. The van der Waals surface area contributed by atoms with E-state index in [2.05, 4.69) is 4.72 Å². The topological polar surface area (TPSA) is 66.5 Å². The van der Waals surface area contributed by atoms with Gasteiger partial charge in [-0.05, 0) is 56.4 Å². The molecule has 0 radical (unpaired) electrons. The zero-order valence-electron chi connectivity index (χ0n) is 14.1. The van der Waals surface area contributed by atoms with E-state index in [9.17, 15) is 13.2 Å². The SMILES string of the molecule is CC(C)C[C@@H](C)S(=O)(=O)Nc1ccc(C(=O)N2CCCC2)cc1. The molecular formula is C17H26N2O3S. The average molecular weight is 338 g/mol. The Balaban J connectivity index is 2.03. The van der Waals surface area contributed by atoms with E-state index >= 15 is 0 Å². The third-order valence-electron chi connectivity index (χ3n) is 4.12. The summed E-state index contributed by atoms with van der Waals surface area (Å²) in [6.45, 7) is 7.34. The minimum absolute atomic E-state index is 0.0186. The van der Waals surface area contributed by atoms with Crippen molar-refractivity contribution in [3.8, 4) is 0 Å². The standard InChI is InChI=1S/C17H26N2O3S/c1-13(2)12-14(3)23(21,22)18-16-8-6-15(7-9-16)17(20)19-10-4-5-11-19/h6-9,13-14,18H,4-5,10-12H2,1-3H3/t14-/m1/s1. The predicted octanol–water partition coefficient (Wildman–Crippen LogP) is 3.10. The van der Waals surface area contributed by atoms with Gasteiger partial charge in [-0.2, -0.15) is 0 Å². The summed E-state index contributed by atoms with van der Waals surface area (Å²) in [7, 11) is -3.40. The van der Waals surface area contributed by atoms with E-state index in [4.69, 9.17) is 0 Å². The van der Waals surface area contributed by atoms with Gasteiger partial charge in [0.25, 0.3) is 5.91 Å². The Morgan fingerprint density at radius 3 is 2.22 bits per heavy atom. The normalized spacial score (nSPS) is 16.6. The summed E-state index contributed by atoms with van der Waals surface area (Å²) >= 11 is 0. The van der Waals surface area contributed by atoms with Crippen LogP contribution in [0.25, 0.3) is 0 Å². The van der Waals surface area contributed by atoms with Crippen LogP contribution in [0.2, 0.25) is 0 Å².